The van der Waals surface area contributed by atoms with E-state index in [1.807, 2.05) is 0 Å². The second kappa shape index (κ2) is 7.79. The topological polar surface area (TPSA) is 46.2 Å². The van der Waals surface area contributed by atoms with E-state index < -0.39 is 9.84 Å². The summed E-state index contributed by atoms with van der Waals surface area (Å²) in [6, 6.07) is 0.195. The number of rotatable bonds is 7. The summed E-state index contributed by atoms with van der Waals surface area (Å²) in [4.78, 5) is 0. The molecule has 1 unspecified atom stereocenters. The van der Waals surface area contributed by atoms with Crippen molar-refractivity contribution in [2.45, 2.75) is 82.4 Å². The molecule has 0 saturated heterocycles. The molecule has 2 aliphatic carbocycles. The summed E-state index contributed by atoms with van der Waals surface area (Å²) in [5.41, 5.74) is 0. The molecule has 4 heteroatoms. The van der Waals surface area contributed by atoms with Crippen molar-refractivity contribution in [1.29, 1.82) is 0 Å². The molecule has 1 N–H and O–H groups in total. The molecule has 2 saturated carbocycles. The quantitative estimate of drug-likeness (QED) is 0.785. The Morgan fingerprint density at radius 1 is 1.00 bits per heavy atom. The third kappa shape index (κ3) is 4.45. The van der Waals surface area contributed by atoms with Crippen LogP contribution in [0.25, 0.3) is 0 Å². The molecule has 20 heavy (non-hydrogen) atoms. The van der Waals surface area contributed by atoms with E-state index in [0.29, 0.717) is 11.7 Å². The summed E-state index contributed by atoms with van der Waals surface area (Å²) in [6.45, 7) is 3.09. The van der Waals surface area contributed by atoms with E-state index in [9.17, 15) is 8.42 Å². The van der Waals surface area contributed by atoms with E-state index in [1.54, 1.807) is 0 Å². The van der Waals surface area contributed by atoms with Crippen molar-refractivity contribution in [2.24, 2.45) is 5.92 Å². The van der Waals surface area contributed by atoms with Gasteiger partial charge in [-0.3, -0.25) is 0 Å². The molecule has 3 nitrogen and oxygen atoms in total. The highest BCUT2D eigenvalue weighted by Crippen LogP contribution is 2.30. The lowest BCUT2D eigenvalue weighted by Crippen LogP contribution is -2.44. The predicted molar refractivity (Wildman–Crippen MR) is 84.7 cm³/mol. The summed E-state index contributed by atoms with van der Waals surface area (Å²) in [6.07, 6.45) is 11.4. The fourth-order valence-electron chi connectivity index (χ4n) is 3.86. The standard InChI is InChI=1S/C16H31NO2S/c1-2-12-17-16(14-8-4-3-5-9-14)13-20(18,19)15-10-6-7-11-15/h14-17H,2-13H2,1H3. The molecule has 0 aromatic heterocycles. The average molecular weight is 301 g/mol. The average Bonchev–Trinajstić information content (AvgIpc) is 2.99. The highest BCUT2D eigenvalue weighted by molar-refractivity contribution is 7.92. The normalized spacial score (nSPS) is 24.1. The Bertz CT molecular complexity index is 368. The maximum atomic E-state index is 12.6. The molecule has 0 radical (unpaired) electrons. The van der Waals surface area contributed by atoms with Gasteiger partial charge in [-0.05, 0) is 44.6 Å². The zero-order valence-electron chi connectivity index (χ0n) is 12.9. The Kier molecular flexibility index (Phi) is 6.34. The molecule has 2 rings (SSSR count). The number of nitrogens with one attached hydrogen (secondary N) is 1. The molecule has 0 heterocycles. The minimum atomic E-state index is -2.90. The number of sulfone groups is 1. The van der Waals surface area contributed by atoms with Crippen LogP contribution in [0.15, 0.2) is 0 Å². The van der Waals surface area contributed by atoms with Crippen LogP contribution in [0.5, 0.6) is 0 Å². The zero-order valence-corrected chi connectivity index (χ0v) is 13.8. The lowest BCUT2D eigenvalue weighted by Gasteiger charge is -2.31. The second-order valence-electron chi connectivity index (χ2n) is 6.69. The zero-order chi connectivity index (χ0) is 14.4. The van der Waals surface area contributed by atoms with Gasteiger partial charge >= 0.3 is 0 Å². The Morgan fingerprint density at radius 2 is 1.60 bits per heavy atom. The molecular formula is C16H31NO2S. The van der Waals surface area contributed by atoms with Crippen LogP contribution in [0.4, 0.5) is 0 Å². The van der Waals surface area contributed by atoms with E-state index in [2.05, 4.69) is 12.2 Å². The lowest BCUT2D eigenvalue weighted by atomic mass is 9.84. The Hall–Kier alpha value is -0.0900. The van der Waals surface area contributed by atoms with Gasteiger partial charge in [-0.1, -0.05) is 39.0 Å². The monoisotopic (exact) mass is 301 g/mol. The summed E-state index contributed by atoms with van der Waals surface area (Å²) >= 11 is 0. The lowest BCUT2D eigenvalue weighted by molar-refractivity contribution is 0.283. The Labute approximate surface area is 124 Å². The van der Waals surface area contributed by atoms with Gasteiger partial charge in [-0.25, -0.2) is 8.42 Å². The van der Waals surface area contributed by atoms with E-state index >= 15 is 0 Å². The fraction of sp³-hybridized carbons (Fsp3) is 1.00. The predicted octanol–water partition coefficient (Wildman–Crippen LogP) is 3.29. The van der Waals surface area contributed by atoms with E-state index in [1.165, 1.54) is 32.1 Å². The molecule has 118 valence electrons. The highest BCUT2D eigenvalue weighted by Gasteiger charge is 2.33. The van der Waals surface area contributed by atoms with Crippen molar-refractivity contribution in [1.82, 2.24) is 5.32 Å². The highest BCUT2D eigenvalue weighted by atomic mass is 32.2. The molecule has 0 aromatic carbocycles. The van der Waals surface area contributed by atoms with Crippen LogP contribution < -0.4 is 5.32 Å². The van der Waals surface area contributed by atoms with Gasteiger partial charge in [0.25, 0.3) is 0 Å². The minimum Gasteiger partial charge on any atom is -0.313 e. The molecule has 0 amide bonds. The summed E-state index contributed by atoms with van der Waals surface area (Å²) in [5.74, 6) is 0.953. The SMILES string of the molecule is CCCNC(CS(=O)(=O)C1CCCC1)C1CCCCC1. The van der Waals surface area contributed by atoms with E-state index in [0.717, 1.165) is 38.6 Å². The van der Waals surface area contributed by atoms with Crippen molar-refractivity contribution in [2.75, 3.05) is 12.3 Å². The molecule has 0 aromatic rings. The van der Waals surface area contributed by atoms with Crippen molar-refractivity contribution >= 4 is 9.84 Å². The molecular weight excluding hydrogens is 270 g/mol. The Morgan fingerprint density at radius 3 is 2.20 bits per heavy atom. The fourth-order valence-corrected chi connectivity index (χ4v) is 6.08. The van der Waals surface area contributed by atoms with Crippen molar-refractivity contribution in [3.63, 3.8) is 0 Å². The second-order valence-corrected chi connectivity index (χ2v) is 9.02. The van der Waals surface area contributed by atoms with Crippen LogP contribution in [0.1, 0.15) is 71.1 Å². The maximum Gasteiger partial charge on any atom is 0.154 e. The maximum absolute atomic E-state index is 12.6. The first kappa shape index (κ1) is 16.3. The molecule has 0 spiro atoms. The summed E-state index contributed by atoms with van der Waals surface area (Å²) < 4.78 is 25.2. The first-order chi connectivity index (χ1) is 9.63. The van der Waals surface area contributed by atoms with Crippen molar-refractivity contribution in [3.05, 3.63) is 0 Å². The van der Waals surface area contributed by atoms with Gasteiger partial charge in [-0.15, -0.1) is 0 Å². The molecule has 0 bridgehead atoms. The molecule has 2 aliphatic rings. The van der Waals surface area contributed by atoms with Gasteiger partial charge in [0.1, 0.15) is 0 Å². The molecule has 0 aliphatic heterocycles. The minimum absolute atomic E-state index is 0.0444. The van der Waals surface area contributed by atoms with Gasteiger partial charge < -0.3 is 5.32 Å². The molecule has 1 atom stereocenters. The smallest absolute Gasteiger partial charge is 0.154 e. The van der Waals surface area contributed by atoms with Crippen LogP contribution in [0.3, 0.4) is 0 Å². The van der Waals surface area contributed by atoms with Gasteiger partial charge in [0.2, 0.25) is 0 Å². The van der Waals surface area contributed by atoms with Crippen LogP contribution in [-0.2, 0) is 9.84 Å². The van der Waals surface area contributed by atoms with E-state index in [4.69, 9.17) is 0 Å². The van der Waals surface area contributed by atoms with Crippen LogP contribution in [0, 0.1) is 5.92 Å². The van der Waals surface area contributed by atoms with Crippen LogP contribution in [0.2, 0.25) is 0 Å². The van der Waals surface area contributed by atoms with Gasteiger partial charge in [0.05, 0.1) is 11.0 Å². The first-order valence-corrected chi connectivity index (χ1v) is 10.3. The van der Waals surface area contributed by atoms with Gasteiger partial charge in [0.15, 0.2) is 9.84 Å². The van der Waals surface area contributed by atoms with E-state index in [-0.39, 0.29) is 11.3 Å². The first-order valence-electron chi connectivity index (χ1n) is 8.58. The molecule has 2 fully saturated rings. The third-order valence-corrected chi connectivity index (χ3v) is 7.41. The Balaban J connectivity index is 1.98. The van der Waals surface area contributed by atoms with Crippen LogP contribution in [-0.4, -0.2) is 32.0 Å². The van der Waals surface area contributed by atoms with Crippen molar-refractivity contribution < 1.29 is 8.42 Å². The number of hydrogen-bond acceptors (Lipinski definition) is 3. The van der Waals surface area contributed by atoms with Gasteiger partial charge in [0, 0.05) is 6.04 Å². The summed E-state index contributed by atoms with van der Waals surface area (Å²) in [5, 5.41) is 3.50. The van der Waals surface area contributed by atoms with Gasteiger partial charge in [-0.2, -0.15) is 0 Å². The largest absolute Gasteiger partial charge is 0.313 e. The number of hydrogen-bond donors (Lipinski definition) is 1. The van der Waals surface area contributed by atoms with Crippen LogP contribution >= 0.6 is 0 Å². The summed E-state index contributed by atoms with van der Waals surface area (Å²) in [7, 11) is -2.90. The van der Waals surface area contributed by atoms with Crippen molar-refractivity contribution in [3.8, 4) is 0 Å². The third-order valence-electron chi connectivity index (χ3n) is 5.10.